The van der Waals surface area contributed by atoms with E-state index in [0.717, 1.165) is 17.8 Å². The van der Waals surface area contributed by atoms with Gasteiger partial charge in [-0.3, -0.25) is 4.79 Å². The summed E-state index contributed by atoms with van der Waals surface area (Å²) in [5.41, 5.74) is 6.09. The number of nitrogens with two attached hydrogens (primary N) is 1. The summed E-state index contributed by atoms with van der Waals surface area (Å²) < 4.78 is 39.4. The average molecular weight is 364 g/mol. The Morgan fingerprint density at radius 1 is 1.15 bits per heavy atom. The van der Waals surface area contributed by atoms with Gasteiger partial charge in [0.05, 0.1) is 17.8 Å². The summed E-state index contributed by atoms with van der Waals surface area (Å²) in [6.07, 6.45) is -4.38. The van der Waals surface area contributed by atoms with Crippen LogP contribution in [0.4, 0.5) is 24.8 Å². The van der Waals surface area contributed by atoms with E-state index in [9.17, 15) is 18.0 Å². The third-order valence-corrected chi connectivity index (χ3v) is 3.51. The van der Waals surface area contributed by atoms with Crippen LogP contribution in [0.25, 0.3) is 5.65 Å². The quantitative estimate of drug-likeness (QED) is 0.622. The van der Waals surface area contributed by atoms with Gasteiger partial charge in [-0.05, 0) is 36.4 Å². The minimum Gasteiger partial charge on any atom is -0.369 e. The molecule has 3 aromatic rings. The fourth-order valence-corrected chi connectivity index (χ4v) is 2.33. The first kappa shape index (κ1) is 17.7. The number of fused-ring (bicyclic) bond motifs is 1. The van der Waals surface area contributed by atoms with Crippen molar-refractivity contribution in [3.63, 3.8) is 0 Å². The molecule has 136 valence electrons. The number of carbonyl (C=O) groups is 1. The molecular formula is C16H15F3N6O. The fraction of sp³-hybridized carbons (Fsp3) is 0.188. The lowest BCUT2D eigenvalue weighted by Gasteiger charge is -2.07. The predicted molar refractivity (Wildman–Crippen MR) is 88.6 cm³/mol. The van der Waals surface area contributed by atoms with Crippen LogP contribution in [0.15, 0.2) is 42.5 Å². The Hall–Kier alpha value is -3.14. The van der Waals surface area contributed by atoms with Crippen molar-refractivity contribution >= 4 is 23.2 Å². The van der Waals surface area contributed by atoms with Crippen LogP contribution in [0.2, 0.25) is 0 Å². The van der Waals surface area contributed by atoms with E-state index < -0.39 is 17.6 Å². The van der Waals surface area contributed by atoms with Crippen molar-refractivity contribution in [3.05, 3.63) is 53.7 Å². The van der Waals surface area contributed by atoms with Gasteiger partial charge in [-0.15, -0.1) is 5.10 Å². The summed E-state index contributed by atoms with van der Waals surface area (Å²) in [6.45, 7) is 0.380. The van der Waals surface area contributed by atoms with Crippen molar-refractivity contribution in [2.45, 2.75) is 12.7 Å². The second kappa shape index (κ2) is 7.00. The van der Waals surface area contributed by atoms with Crippen molar-refractivity contribution in [2.24, 2.45) is 5.73 Å². The van der Waals surface area contributed by atoms with E-state index in [1.807, 2.05) is 0 Å². The lowest BCUT2D eigenvalue weighted by atomic mass is 10.2. The Labute approximate surface area is 146 Å². The SMILES string of the molecule is NC(=O)CNCc1cccc2nc(Nc3ccc(C(F)(F)F)cc3)nn12. The van der Waals surface area contributed by atoms with E-state index in [2.05, 4.69) is 20.7 Å². The highest BCUT2D eigenvalue weighted by molar-refractivity contribution is 5.75. The maximum atomic E-state index is 12.6. The summed E-state index contributed by atoms with van der Waals surface area (Å²) in [5, 5.41) is 10.0. The Balaban J connectivity index is 1.77. The predicted octanol–water partition coefficient (Wildman–Crippen LogP) is 2.07. The molecule has 3 rings (SSSR count). The van der Waals surface area contributed by atoms with Gasteiger partial charge in [-0.25, -0.2) is 4.52 Å². The number of aromatic nitrogens is 3. The number of rotatable bonds is 6. The molecule has 0 saturated carbocycles. The molecule has 26 heavy (non-hydrogen) atoms. The summed E-state index contributed by atoms with van der Waals surface area (Å²) >= 11 is 0. The molecule has 2 heterocycles. The molecule has 0 spiro atoms. The Bertz CT molecular complexity index is 920. The summed E-state index contributed by atoms with van der Waals surface area (Å²) in [5.74, 6) is -0.229. The van der Waals surface area contributed by atoms with Gasteiger partial charge in [-0.1, -0.05) is 6.07 Å². The van der Waals surface area contributed by atoms with E-state index in [-0.39, 0.29) is 12.5 Å². The van der Waals surface area contributed by atoms with Crippen LogP contribution in [0.3, 0.4) is 0 Å². The number of carbonyl (C=O) groups excluding carboxylic acids is 1. The van der Waals surface area contributed by atoms with Crippen LogP contribution in [0.5, 0.6) is 0 Å². The van der Waals surface area contributed by atoms with Crippen molar-refractivity contribution < 1.29 is 18.0 Å². The highest BCUT2D eigenvalue weighted by Crippen LogP contribution is 2.30. The zero-order valence-electron chi connectivity index (χ0n) is 13.4. The number of hydrogen-bond acceptors (Lipinski definition) is 5. The van der Waals surface area contributed by atoms with Crippen LogP contribution >= 0.6 is 0 Å². The van der Waals surface area contributed by atoms with Gasteiger partial charge in [0.1, 0.15) is 0 Å². The number of nitrogens with one attached hydrogen (secondary N) is 2. The molecule has 0 atom stereocenters. The number of alkyl halides is 3. The smallest absolute Gasteiger partial charge is 0.369 e. The van der Waals surface area contributed by atoms with Crippen LogP contribution in [-0.4, -0.2) is 27.0 Å². The third-order valence-electron chi connectivity index (χ3n) is 3.51. The number of nitrogens with zero attached hydrogens (tertiary/aromatic N) is 3. The second-order valence-corrected chi connectivity index (χ2v) is 5.49. The summed E-state index contributed by atoms with van der Waals surface area (Å²) in [4.78, 5) is 15.1. The van der Waals surface area contributed by atoms with Gasteiger partial charge in [0.2, 0.25) is 11.9 Å². The molecule has 0 bridgehead atoms. The number of primary amides is 1. The fourth-order valence-electron chi connectivity index (χ4n) is 2.33. The van der Waals surface area contributed by atoms with Gasteiger partial charge in [0, 0.05) is 12.2 Å². The Kier molecular flexibility index (Phi) is 4.76. The number of anilines is 2. The molecule has 0 radical (unpaired) electrons. The maximum Gasteiger partial charge on any atom is 0.416 e. The molecule has 0 saturated heterocycles. The van der Waals surface area contributed by atoms with Crippen molar-refractivity contribution in [1.82, 2.24) is 19.9 Å². The van der Waals surface area contributed by atoms with Crippen molar-refractivity contribution in [1.29, 1.82) is 0 Å². The standard InChI is InChI=1S/C16H15F3N6O/c17-16(18,19)10-4-6-11(7-5-10)22-15-23-14-3-1-2-12(25(14)24-15)8-21-9-13(20)26/h1-7,21H,8-9H2,(H2,20,26)(H,22,24). The van der Waals surface area contributed by atoms with Crippen molar-refractivity contribution in [3.8, 4) is 0 Å². The molecule has 4 N–H and O–H groups in total. The van der Waals surface area contributed by atoms with Gasteiger partial charge in [0.25, 0.3) is 0 Å². The lowest BCUT2D eigenvalue weighted by molar-refractivity contribution is -0.137. The van der Waals surface area contributed by atoms with Gasteiger partial charge >= 0.3 is 6.18 Å². The number of halogens is 3. The van der Waals surface area contributed by atoms with Crippen LogP contribution in [0.1, 0.15) is 11.3 Å². The number of pyridine rings is 1. The van der Waals surface area contributed by atoms with E-state index in [1.54, 1.807) is 22.7 Å². The number of hydrogen-bond donors (Lipinski definition) is 3. The molecule has 0 fully saturated rings. The lowest BCUT2D eigenvalue weighted by Crippen LogP contribution is -2.28. The highest BCUT2D eigenvalue weighted by Gasteiger charge is 2.29. The molecule has 2 aromatic heterocycles. The second-order valence-electron chi connectivity index (χ2n) is 5.49. The molecule has 0 unspecified atom stereocenters. The molecule has 1 amide bonds. The largest absolute Gasteiger partial charge is 0.416 e. The molecule has 1 aromatic carbocycles. The third kappa shape index (κ3) is 4.09. The van der Waals surface area contributed by atoms with Gasteiger partial charge < -0.3 is 16.4 Å². The molecular weight excluding hydrogens is 349 g/mol. The number of benzene rings is 1. The van der Waals surface area contributed by atoms with Gasteiger partial charge in [0.15, 0.2) is 5.65 Å². The van der Waals surface area contributed by atoms with Crippen LogP contribution in [-0.2, 0) is 17.5 Å². The molecule has 0 aliphatic rings. The van der Waals surface area contributed by atoms with E-state index in [4.69, 9.17) is 5.73 Å². The monoisotopic (exact) mass is 364 g/mol. The van der Waals surface area contributed by atoms with Gasteiger partial charge in [-0.2, -0.15) is 18.2 Å². The van der Waals surface area contributed by atoms with Crippen LogP contribution < -0.4 is 16.4 Å². The first-order valence-electron chi connectivity index (χ1n) is 7.61. The van der Waals surface area contributed by atoms with E-state index in [0.29, 0.717) is 17.9 Å². The maximum absolute atomic E-state index is 12.6. The normalized spacial score (nSPS) is 11.7. The minimum absolute atomic E-state index is 0.0295. The average Bonchev–Trinajstić information content (AvgIpc) is 2.97. The Morgan fingerprint density at radius 3 is 2.54 bits per heavy atom. The summed E-state index contributed by atoms with van der Waals surface area (Å²) in [6, 6.07) is 9.91. The van der Waals surface area contributed by atoms with Crippen LogP contribution in [0, 0.1) is 0 Å². The van der Waals surface area contributed by atoms with Crippen molar-refractivity contribution in [2.75, 3.05) is 11.9 Å². The topological polar surface area (TPSA) is 97.3 Å². The number of amides is 1. The molecule has 0 aliphatic carbocycles. The zero-order chi connectivity index (χ0) is 18.7. The molecule has 0 aliphatic heterocycles. The Morgan fingerprint density at radius 2 is 1.88 bits per heavy atom. The van der Waals surface area contributed by atoms with E-state index >= 15 is 0 Å². The first-order chi connectivity index (χ1) is 12.3. The summed E-state index contributed by atoms with van der Waals surface area (Å²) in [7, 11) is 0. The molecule has 7 nitrogen and oxygen atoms in total. The first-order valence-corrected chi connectivity index (χ1v) is 7.61. The highest BCUT2D eigenvalue weighted by atomic mass is 19.4. The minimum atomic E-state index is -4.38. The molecule has 10 heteroatoms. The van der Waals surface area contributed by atoms with E-state index in [1.165, 1.54) is 12.1 Å². The zero-order valence-corrected chi connectivity index (χ0v) is 13.4.